The first kappa shape index (κ1) is 20.6. The number of anilines is 4. The second kappa shape index (κ2) is 8.57. The van der Waals surface area contributed by atoms with Gasteiger partial charge in [-0.15, -0.1) is 0 Å². The minimum atomic E-state index is -0.363. The molecule has 4 rings (SSSR count). The lowest BCUT2D eigenvalue weighted by atomic mass is 9.81. The van der Waals surface area contributed by atoms with Gasteiger partial charge in [0.1, 0.15) is 10.8 Å². The van der Waals surface area contributed by atoms with Crippen molar-refractivity contribution >= 4 is 34.9 Å². The molecule has 0 spiro atoms. The Labute approximate surface area is 179 Å². The van der Waals surface area contributed by atoms with E-state index in [1.807, 2.05) is 19.9 Å². The van der Waals surface area contributed by atoms with Gasteiger partial charge in [-0.25, -0.2) is 9.37 Å². The number of H-pyrrole nitrogens is 1. The number of aromatic amines is 1. The molecule has 7 nitrogen and oxygen atoms in total. The Hall–Kier alpha value is -2.71. The summed E-state index contributed by atoms with van der Waals surface area (Å²) in [5, 5.41) is 22.9. The van der Waals surface area contributed by atoms with Gasteiger partial charge in [-0.05, 0) is 68.7 Å². The fraction of sp³-hybridized carbons (Fsp3) is 0.381. The molecule has 0 amide bonds. The molecule has 158 valence electrons. The van der Waals surface area contributed by atoms with Gasteiger partial charge in [0.05, 0.1) is 18.0 Å². The molecule has 4 N–H and O–H groups in total. The van der Waals surface area contributed by atoms with Crippen LogP contribution in [-0.4, -0.2) is 31.4 Å². The number of hydrogen-bond donors (Lipinski definition) is 4. The molecule has 30 heavy (non-hydrogen) atoms. The summed E-state index contributed by atoms with van der Waals surface area (Å²) in [5.74, 6) is 1.08. The van der Waals surface area contributed by atoms with Crippen LogP contribution in [0.2, 0.25) is 5.02 Å². The normalized spacial score (nSPS) is 19.0. The van der Waals surface area contributed by atoms with Crippen molar-refractivity contribution in [3.05, 3.63) is 52.1 Å². The number of benzene rings is 1. The highest BCUT2D eigenvalue weighted by Crippen LogP contribution is 2.36. The zero-order valence-electron chi connectivity index (χ0n) is 16.8. The highest BCUT2D eigenvalue weighted by molar-refractivity contribution is 6.32. The average Bonchev–Trinajstić information content (AvgIpc) is 3.12. The van der Waals surface area contributed by atoms with Crippen LogP contribution in [0.5, 0.6) is 0 Å². The number of hydrogen-bond acceptors (Lipinski definition) is 6. The molecule has 1 aromatic carbocycles. The van der Waals surface area contributed by atoms with Crippen LogP contribution in [0.1, 0.15) is 48.4 Å². The number of nitrogens with zero attached hydrogens (tertiary/aromatic N) is 3. The van der Waals surface area contributed by atoms with Crippen LogP contribution < -0.4 is 10.6 Å². The molecule has 1 saturated carbocycles. The first-order chi connectivity index (χ1) is 14.4. The third-order valence-electron chi connectivity index (χ3n) is 5.44. The van der Waals surface area contributed by atoms with Crippen molar-refractivity contribution in [3.8, 4) is 0 Å². The first-order valence-electron chi connectivity index (χ1n) is 9.95. The van der Waals surface area contributed by atoms with E-state index in [-0.39, 0.29) is 23.8 Å². The van der Waals surface area contributed by atoms with Crippen molar-refractivity contribution in [1.82, 2.24) is 20.2 Å². The minimum Gasteiger partial charge on any atom is -0.393 e. The summed E-state index contributed by atoms with van der Waals surface area (Å²) in [7, 11) is 0. The monoisotopic (exact) mass is 430 g/mol. The van der Waals surface area contributed by atoms with E-state index >= 15 is 0 Å². The third kappa shape index (κ3) is 4.55. The summed E-state index contributed by atoms with van der Waals surface area (Å²) in [6.45, 7) is 3.86. The van der Waals surface area contributed by atoms with E-state index < -0.39 is 0 Å². The SMILES string of the molecule is Cc1cc(Nc2nc(Nc3cc(C)c(C4CCC(O)CC4)cc3F)ncc2Cl)n[nH]1. The van der Waals surface area contributed by atoms with Crippen molar-refractivity contribution in [3.63, 3.8) is 0 Å². The Morgan fingerprint density at radius 1 is 1.13 bits per heavy atom. The Morgan fingerprint density at radius 3 is 2.60 bits per heavy atom. The van der Waals surface area contributed by atoms with E-state index in [9.17, 15) is 9.50 Å². The number of nitrogens with one attached hydrogen (secondary N) is 3. The van der Waals surface area contributed by atoms with Crippen LogP contribution in [0.3, 0.4) is 0 Å². The zero-order chi connectivity index (χ0) is 21.3. The van der Waals surface area contributed by atoms with Crippen molar-refractivity contribution in [2.75, 3.05) is 10.6 Å². The Kier molecular flexibility index (Phi) is 5.87. The first-order valence-corrected chi connectivity index (χ1v) is 10.3. The summed E-state index contributed by atoms with van der Waals surface area (Å²) in [5.41, 5.74) is 3.19. The molecular formula is C21H24ClFN6O. The van der Waals surface area contributed by atoms with E-state index in [2.05, 4.69) is 30.8 Å². The Bertz CT molecular complexity index is 1050. The topological polar surface area (TPSA) is 98.8 Å². The average molecular weight is 431 g/mol. The smallest absolute Gasteiger partial charge is 0.229 e. The molecule has 2 heterocycles. The molecule has 0 unspecified atom stereocenters. The van der Waals surface area contributed by atoms with Gasteiger partial charge >= 0.3 is 0 Å². The maximum absolute atomic E-state index is 14.9. The van der Waals surface area contributed by atoms with Crippen LogP contribution in [0, 0.1) is 19.7 Å². The predicted molar refractivity (Wildman–Crippen MR) is 115 cm³/mol. The minimum absolute atomic E-state index is 0.223. The zero-order valence-corrected chi connectivity index (χ0v) is 17.6. The van der Waals surface area contributed by atoms with Gasteiger partial charge in [-0.1, -0.05) is 11.6 Å². The molecule has 0 bridgehead atoms. The fourth-order valence-electron chi connectivity index (χ4n) is 3.86. The number of aryl methyl sites for hydroxylation is 2. The maximum atomic E-state index is 14.9. The second-order valence-electron chi connectivity index (χ2n) is 7.77. The lowest BCUT2D eigenvalue weighted by Gasteiger charge is -2.27. The Morgan fingerprint density at radius 2 is 1.90 bits per heavy atom. The van der Waals surface area contributed by atoms with Gasteiger partial charge in [0, 0.05) is 11.8 Å². The van der Waals surface area contributed by atoms with Gasteiger partial charge in [-0.2, -0.15) is 10.1 Å². The summed E-state index contributed by atoms with van der Waals surface area (Å²) in [4.78, 5) is 8.51. The lowest BCUT2D eigenvalue weighted by Crippen LogP contribution is -2.17. The molecule has 9 heteroatoms. The molecule has 0 radical (unpaired) electrons. The van der Waals surface area contributed by atoms with E-state index in [0.717, 1.165) is 42.5 Å². The molecule has 1 aliphatic carbocycles. The van der Waals surface area contributed by atoms with Gasteiger partial charge in [0.15, 0.2) is 11.6 Å². The molecule has 0 saturated heterocycles. The van der Waals surface area contributed by atoms with Gasteiger partial charge in [-0.3, -0.25) is 5.10 Å². The van der Waals surface area contributed by atoms with Crippen molar-refractivity contribution < 1.29 is 9.50 Å². The number of halogens is 2. The standard InChI is InChI=1S/C21H24ClFN6O/c1-11-7-18(17(23)9-15(11)13-3-5-14(30)6-4-13)25-21-24-10-16(22)20(27-21)26-19-8-12(2)28-29-19/h7-10,13-14,30H,3-6H2,1-2H3,(H3,24,25,26,27,28,29). The van der Waals surface area contributed by atoms with Crippen LogP contribution >= 0.6 is 11.6 Å². The van der Waals surface area contributed by atoms with Crippen LogP contribution in [0.4, 0.5) is 27.7 Å². The molecule has 3 aromatic rings. The van der Waals surface area contributed by atoms with Gasteiger partial charge in [0.25, 0.3) is 0 Å². The number of aliphatic hydroxyl groups excluding tert-OH is 1. The van der Waals surface area contributed by atoms with Crippen LogP contribution in [0.15, 0.2) is 24.4 Å². The van der Waals surface area contributed by atoms with Crippen LogP contribution in [0.25, 0.3) is 0 Å². The number of aliphatic hydroxyl groups is 1. The van der Waals surface area contributed by atoms with Gasteiger partial charge in [0.2, 0.25) is 5.95 Å². The molecule has 2 aromatic heterocycles. The molecular weight excluding hydrogens is 407 g/mol. The number of aromatic nitrogens is 4. The largest absolute Gasteiger partial charge is 0.393 e. The summed E-state index contributed by atoms with van der Waals surface area (Å²) in [6.07, 6.45) is 4.48. The van der Waals surface area contributed by atoms with Crippen molar-refractivity contribution in [1.29, 1.82) is 0 Å². The maximum Gasteiger partial charge on any atom is 0.229 e. The molecule has 1 aliphatic rings. The van der Waals surface area contributed by atoms with Crippen molar-refractivity contribution in [2.24, 2.45) is 0 Å². The van der Waals surface area contributed by atoms with E-state index in [1.165, 1.54) is 6.20 Å². The molecule has 1 fully saturated rings. The second-order valence-corrected chi connectivity index (χ2v) is 8.18. The molecule has 0 atom stereocenters. The summed E-state index contributed by atoms with van der Waals surface area (Å²) < 4.78 is 14.9. The summed E-state index contributed by atoms with van der Waals surface area (Å²) in [6, 6.07) is 5.18. The predicted octanol–water partition coefficient (Wildman–Crippen LogP) is 5.11. The molecule has 0 aliphatic heterocycles. The van der Waals surface area contributed by atoms with E-state index in [4.69, 9.17) is 11.6 Å². The van der Waals surface area contributed by atoms with E-state index in [0.29, 0.717) is 22.3 Å². The Balaban J connectivity index is 1.54. The summed E-state index contributed by atoms with van der Waals surface area (Å²) >= 11 is 6.18. The van der Waals surface area contributed by atoms with Crippen molar-refractivity contribution in [2.45, 2.75) is 51.6 Å². The third-order valence-corrected chi connectivity index (χ3v) is 5.71. The van der Waals surface area contributed by atoms with E-state index in [1.54, 1.807) is 12.1 Å². The fourth-order valence-corrected chi connectivity index (χ4v) is 4.00. The quantitative estimate of drug-likeness (QED) is 0.448. The number of rotatable bonds is 5. The lowest BCUT2D eigenvalue weighted by molar-refractivity contribution is 0.122. The highest BCUT2D eigenvalue weighted by atomic mass is 35.5. The van der Waals surface area contributed by atoms with Crippen LogP contribution in [-0.2, 0) is 0 Å². The van der Waals surface area contributed by atoms with Gasteiger partial charge < -0.3 is 15.7 Å². The highest BCUT2D eigenvalue weighted by Gasteiger charge is 2.23.